The van der Waals surface area contributed by atoms with Crippen molar-refractivity contribution >= 4 is 7.81 Å². The maximum atomic E-state index is 9.87. The van der Waals surface area contributed by atoms with Crippen molar-refractivity contribution in [1.29, 1.82) is 0 Å². The van der Waals surface area contributed by atoms with Crippen molar-refractivity contribution in [3.8, 4) is 0 Å². The van der Waals surface area contributed by atoms with Crippen LogP contribution < -0.4 is 4.57 Å². The van der Waals surface area contributed by atoms with Crippen molar-refractivity contribution in [3.05, 3.63) is 18.7 Å². The van der Waals surface area contributed by atoms with Crippen LogP contribution in [0.3, 0.4) is 0 Å². The molecule has 1 rings (SSSR count). The van der Waals surface area contributed by atoms with Gasteiger partial charge >= 0.3 is 33.0 Å². The standard InChI is InChI=1S/C14H27N2O3.F6P/c1-3-4-5-15-6-7-16(14-15)8-9-18-12-13-19-11-10-17-2;1-7(2,3,4,5)6/h6-7,14H,3-5,8-13H2,1-2H3;/q+1;-1. The first-order valence-electron chi connectivity index (χ1n) is 8.07. The quantitative estimate of drug-likeness (QED) is 0.216. The van der Waals surface area contributed by atoms with Crippen LogP contribution in [0.4, 0.5) is 25.2 Å². The molecule has 0 aliphatic rings. The van der Waals surface area contributed by atoms with Gasteiger partial charge in [0, 0.05) is 7.11 Å². The molecule has 26 heavy (non-hydrogen) atoms. The van der Waals surface area contributed by atoms with Crippen LogP contribution in [0, 0.1) is 0 Å². The molecule has 0 fully saturated rings. The molecule has 0 aliphatic heterocycles. The number of aromatic nitrogens is 2. The van der Waals surface area contributed by atoms with Crippen molar-refractivity contribution in [1.82, 2.24) is 4.57 Å². The predicted molar refractivity (Wildman–Crippen MR) is 86.6 cm³/mol. The number of rotatable bonds is 12. The number of imidazole rings is 1. The minimum absolute atomic E-state index is 0.630. The molecule has 0 aromatic carbocycles. The van der Waals surface area contributed by atoms with E-state index in [2.05, 4.69) is 34.8 Å². The SMILES string of the molecule is CCCC[n+]1ccn(CCOCCOCCOC)c1.F[P-](F)(F)(F)(F)F. The van der Waals surface area contributed by atoms with Crippen LogP contribution >= 0.6 is 7.81 Å². The third-order valence-electron chi connectivity index (χ3n) is 2.81. The predicted octanol–water partition coefficient (Wildman–Crippen LogP) is 4.64. The fraction of sp³-hybridized carbons (Fsp3) is 0.786. The van der Waals surface area contributed by atoms with Gasteiger partial charge < -0.3 is 14.2 Å². The Labute approximate surface area is 149 Å². The number of hydrogen-bond donors (Lipinski definition) is 0. The first-order chi connectivity index (χ1) is 11.8. The number of ether oxygens (including phenoxy) is 3. The van der Waals surface area contributed by atoms with Crippen molar-refractivity contribution in [3.63, 3.8) is 0 Å². The Hall–Kier alpha value is -0.900. The Morgan fingerprint density at radius 2 is 1.46 bits per heavy atom. The molecule has 0 spiro atoms. The Balaban J connectivity index is 0.000000758. The second kappa shape index (κ2) is 10.4. The molecule has 0 radical (unpaired) electrons. The Morgan fingerprint density at radius 1 is 0.923 bits per heavy atom. The topological polar surface area (TPSA) is 36.5 Å². The third-order valence-corrected chi connectivity index (χ3v) is 2.81. The molecule has 0 atom stereocenters. The van der Waals surface area contributed by atoms with Crippen LogP contribution in [0.25, 0.3) is 0 Å². The van der Waals surface area contributed by atoms with E-state index in [1.54, 1.807) is 7.11 Å². The summed E-state index contributed by atoms with van der Waals surface area (Å²) in [7, 11) is -8.99. The molecular formula is C14H27F6N2O3P. The average molecular weight is 416 g/mol. The molecule has 5 nitrogen and oxygen atoms in total. The van der Waals surface area contributed by atoms with E-state index in [-0.39, 0.29) is 0 Å². The van der Waals surface area contributed by atoms with Crippen LogP contribution in [-0.2, 0) is 27.3 Å². The van der Waals surface area contributed by atoms with E-state index < -0.39 is 7.81 Å². The summed E-state index contributed by atoms with van der Waals surface area (Å²) >= 11 is 0. The molecule has 0 aliphatic carbocycles. The van der Waals surface area contributed by atoms with Gasteiger partial charge in [-0.3, -0.25) is 0 Å². The van der Waals surface area contributed by atoms with Crippen LogP contribution in [0.5, 0.6) is 0 Å². The molecule has 1 heterocycles. The number of halogens is 6. The van der Waals surface area contributed by atoms with E-state index in [1.165, 1.54) is 12.8 Å². The molecule has 1 aromatic heterocycles. The maximum absolute atomic E-state index is 10.7. The molecule has 0 N–H and O–H groups in total. The molecule has 12 heteroatoms. The van der Waals surface area contributed by atoms with Crippen LogP contribution in [0.1, 0.15) is 19.8 Å². The zero-order chi connectivity index (χ0) is 20.2. The van der Waals surface area contributed by atoms with E-state index >= 15 is 0 Å². The van der Waals surface area contributed by atoms with Gasteiger partial charge in [-0.25, -0.2) is 9.13 Å². The normalized spacial score (nSPS) is 14.3. The van der Waals surface area contributed by atoms with E-state index in [1.807, 2.05) is 0 Å². The van der Waals surface area contributed by atoms with Crippen LogP contribution in [0.2, 0.25) is 0 Å². The Morgan fingerprint density at radius 3 is 2.00 bits per heavy atom. The van der Waals surface area contributed by atoms with Gasteiger partial charge in [-0.1, -0.05) is 13.3 Å². The van der Waals surface area contributed by atoms with Crippen molar-refractivity contribution < 1.29 is 44.0 Å². The fourth-order valence-corrected chi connectivity index (χ4v) is 1.68. The molecule has 0 saturated heterocycles. The first kappa shape index (κ1) is 25.1. The van der Waals surface area contributed by atoms with Gasteiger partial charge in [0.15, 0.2) is 0 Å². The zero-order valence-electron chi connectivity index (χ0n) is 14.9. The summed E-state index contributed by atoms with van der Waals surface area (Å²) in [5, 5.41) is 0. The summed E-state index contributed by atoms with van der Waals surface area (Å²) in [6.45, 7) is 7.45. The molecule has 158 valence electrons. The van der Waals surface area contributed by atoms with Gasteiger partial charge in [-0.05, 0) is 6.42 Å². The van der Waals surface area contributed by atoms with E-state index in [4.69, 9.17) is 14.2 Å². The monoisotopic (exact) mass is 416 g/mol. The summed E-state index contributed by atoms with van der Waals surface area (Å²) in [5.74, 6) is 0. The second-order valence-corrected chi connectivity index (χ2v) is 7.34. The van der Waals surface area contributed by atoms with E-state index in [0.717, 1.165) is 19.7 Å². The van der Waals surface area contributed by atoms with Crippen molar-refractivity contribution in [2.24, 2.45) is 0 Å². The van der Waals surface area contributed by atoms with Gasteiger partial charge in [0.2, 0.25) is 6.33 Å². The summed E-state index contributed by atoms with van der Waals surface area (Å²) in [6, 6.07) is 0. The number of nitrogens with zero attached hydrogens (tertiary/aromatic N) is 2. The number of unbranched alkanes of at least 4 members (excludes halogenated alkanes) is 1. The third kappa shape index (κ3) is 23.1. The zero-order valence-corrected chi connectivity index (χ0v) is 15.8. The molecule has 0 saturated carbocycles. The minimum atomic E-state index is -10.7. The van der Waals surface area contributed by atoms with Crippen molar-refractivity contribution in [2.75, 3.05) is 40.1 Å². The van der Waals surface area contributed by atoms with Crippen LogP contribution in [0.15, 0.2) is 18.7 Å². The number of aryl methyl sites for hydroxylation is 1. The molecule has 0 amide bonds. The molecule has 0 bridgehead atoms. The molecule has 1 aromatic rings. The van der Waals surface area contributed by atoms with Crippen LogP contribution in [-0.4, -0.2) is 44.7 Å². The van der Waals surface area contributed by atoms with Gasteiger partial charge in [0.05, 0.1) is 39.6 Å². The summed E-state index contributed by atoms with van der Waals surface area (Å²) in [5.41, 5.74) is 0. The van der Waals surface area contributed by atoms with Gasteiger partial charge in [-0.15, -0.1) is 0 Å². The van der Waals surface area contributed by atoms with E-state index in [9.17, 15) is 25.2 Å². The first-order valence-corrected chi connectivity index (χ1v) is 10.1. The number of methoxy groups -OCH3 is 1. The molecular weight excluding hydrogens is 389 g/mol. The van der Waals surface area contributed by atoms with Gasteiger partial charge in [0.1, 0.15) is 18.9 Å². The Bertz CT molecular complexity index is 484. The fourth-order valence-electron chi connectivity index (χ4n) is 1.68. The second-order valence-electron chi connectivity index (χ2n) is 5.42. The number of hydrogen-bond acceptors (Lipinski definition) is 3. The molecule has 0 unspecified atom stereocenters. The van der Waals surface area contributed by atoms with Crippen molar-refractivity contribution in [2.45, 2.75) is 32.9 Å². The Kier molecular flexibility index (Phi) is 10.1. The van der Waals surface area contributed by atoms with E-state index in [0.29, 0.717) is 26.4 Å². The van der Waals surface area contributed by atoms with Gasteiger partial charge in [0.25, 0.3) is 0 Å². The van der Waals surface area contributed by atoms with Gasteiger partial charge in [-0.2, -0.15) is 0 Å². The average Bonchev–Trinajstić information content (AvgIpc) is 2.92. The summed E-state index contributed by atoms with van der Waals surface area (Å²) < 4.78 is 79.3. The summed E-state index contributed by atoms with van der Waals surface area (Å²) in [4.78, 5) is 0. The summed E-state index contributed by atoms with van der Waals surface area (Å²) in [6.07, 6.45) is 8.79.